The lowest BCUT2D eigenvalue weighted by Gasteiger charge is -2.18. The summed E-state index contributed by atoms with van der Waals surface area (Å²) in [5.74, 6) is -0.844. The van der Waals surface area contributed by atoms with Crippen molar-refractivity contribution in [2.24, 2.45) is 0 Å². The second kappa shape index (κ2) is 8.64. The van der Waals surface area contributed by atoms with E-state index in [1.807, 2.05) is 0 Å². The summed E-state index contributed by atoms with van der Waals surface area (Å²) in [6.45, 7) is 6.05. The van der Waals surface area contributed by atoms with E-state index >= 15 is 0 Å². The smallest absolute Gasteiger partial charge is 0.348 e. The highest BCUT2D eigenvalue weighted by molar-refractivity contribution is 7.89. The van der Waals surface area contributed by atoms with Crippen molar-refractivity contribution >= 4 is 38.2 Å². The predicted molar refractivity (Wildman–Crippen MR) is 105 cm³/mol. The van der Waals surface area contributed by atoms with Gasteiger partial charge in [0.1, 0.15) is 4.88 Å². The van der Waals surface area contributed by atoms with E-state index in [2.05, 4.69) is 5.32 Å². The Morgan fingerprint density at radius 3 is 2.26 bits per heavy atom. The normalized spacial score (nSPS) is 11.4. The Morgan fingerprint density at radius 1 is 1.15 bits per heavy atom. The van der Waals surface area contributed by atoms with Crippen molar-refractivity contribution in [3.8, 4) is 0 Å². The molecule has 1 N–H and O–H groups in total. The maximum Gasteiger partial charge on any atom is 0.348 e. The quantitative estimate of drug-likeness (QED) is 0.708. The number of esters is 1. The lowest BCUT2D eigenvalue weighted by Crippen LogP contribution is -2.30. The molecule has 0 radical (unpaired) electrons. The monoisotopic (exact) mass is 410 g/mol. The minimum atomic E-state index is -3.56. The molecule has 2 rings (SSSR count). The molecule has 146 valence electrons. The van der Waals surface area contributed by atoms with Crippen LogP contribution in [0.1, 0.15) is 39.4 Å². The Labute approximate surface area is 163 Å². The van der Waals surface area contributed by atoms with Crippen LogP contribution in [0.3, 0.4) is 0 Å². The van der Waals surface area contributed by atoms with Crippen LogP contribution >= 0.6 is 11.3 Å². The number of nitrogens with one attached hydrogen (secondary N) is 1. The van der Waals surface area contributed by atoms with Gasteiger partial charge in [-0.2, -0.15) is 4.31 Å². The number of aryl methyl sites for hydroxylation is 1. The zero-order valence-corrected chi connectivity index (χ0v) is 17.2. The Kier molecular flexibility index (Phi) is 6.74. The van der Waals surface area contributed by atoms with Gasteiger partial charge >= 0.3 is 5.97 Å². The summed E-state index contributed by atoms with van der Waals surface area (Å²) in [4.78, 5) is 24.6. The van der Waals surface area contributed by atoms with Gasteiger partial charge in [-0.05, 0) is 42.8 Å². The Bertz CT molecular complexity index is 929. The number of carbonyl (C=O) groups is 2. The fourth-order valence-corrected chi connectivity index (χ4v) is 4.96. The molecule has 0 saturated heterocycles. The van der Waals surface area contributed by atoms with Crippen LogP contribution in [0.4, 0.5) is 5.00 Å². The van der Waals surface area contributed by atoms with Crippen LogP contribution in [-0.4, -0.2) is 44.8 Å². The number of carbonyl (C=O) groups excluding carboxylic acids is 2. The second-order valence-electron chi connectivity index (χ2n) is 5.68. The summed E-state index contributed by atoms with van der Waals surface area (Å²) in [6, 6.07) is 7.46. The van der Waals surface area contributed by atoms with E-state index in [4.69, 9.17) is 4.74 Å². The molecule has 0 atom stereocenters. The summed E-state index contributed by atoms with van der Waals surface area (Å²) in [5.41, 5.74) is 1.03. The topological polar surface area (TPSA) is 92.8 Å². The molecule has 0 bridgehead atoms. The second-order valence-corrected chi connectivity index (χ2v) is 8.67. The van der Waals surface area contributed by atoms with Crippen molar-refractivity contribution in [2.75, 3.05) is 25.5 Å². The number of nitrogens with zero attached hydrogens (tertiary/aromatic N) is 1. The average Bonchev–Trinajstić information content (AvgIpc) is 3.02. The number of rotatable bonds is 7. The van der Waals surface area contributed by atoms with Crippen LogP contribution in [0.2, 0.25) is 0 Å². The van der Waals surface area contributed by atoms with E-state index in [1.54, 1.807) is 26.8 Å². The summed E-state index contributed by atoms with van der Waals surface area (Å²) >= 11 is 1.12. The molecule has 7 nitrogen and oxygen atoms in total. The molecule has 9 heteroatoms. The number of hydrogen-bond donors (Lipinski definition) is 1. The summed E-state index contributed by atoms with van der Waals surface area (Å²) < 4.78 is 31.0. The van der Waals surface area contributed by atoms with Crippen molar-refractivity contribution in [1.29, 1.82) is 0 Å². The number of anilines is 1. The third-order valence-corrected chi connectivity index (χ3v) is 7.18. The maximum absolute atomic E-state index is 12.5. The lowest BCUT2D eigenvalue weighted by molar-refractivity contribution is 0.0605. The van der Waals surface area contributed by atoms with Gasteiger partial charge in [-0.1, -0.05) is 13.8 Å². The Balaban J connectivity index is 2.18. The minimum Gasteiger partial charge on any atom is -0.465 e. The molecule has 2 aromatic rings. The van der Waals surface area contributed by atoms with Crippen molar-refractivity contribution in [1.82, 2.24) is 4.31 Å². The van der Waals surface area contributed by atoms with Gasteiger partial charge < -0.3 is 10.1 Å². The molecule has 27 heavy (non-hydrogen) atoms. The highest BCUT2D eigenvalue weighted by Gasteiger charge is 2.22. The number of benzene rings is 1. The molecule has 1 heterocycles. The van der Waals surface area contributed by atoms with Gasteiger partial charge in [0.25, 0.3) is 5.91 Å². The third-order valence-electron chi connectivity index (χ3n) is 3.98. The van der Waals surface area contributed by atoms with E-state index in [1.165, 1.54) is 35.7 Å². The molecule has 0 aliphatic rings. The molecular formula is C18H22N2O5S2. The number of amides is 1. The first-order valence-corrected chi connectivity index (χ1v) is 10.6. The van der Waals surface area contributed by atoms with Crippen LogP contribution in [0.5, 0.6) is 0 Å². The third kappa shape index (κ3) is 4.55. The molecule has 0 spiro atoms. The number of hydrogen-bond acceptors (Lipinski definition) is 6. The molecule has 1 amide bonds. The predicted octanol–water partition coefficient (Wildman–Crippen LogP) is 3.13. The average molecular weight is 411 g/mol. The highest BCUT2D eigenvalue weighted by atomic mass is 32.2. The van der Waals surface area contributed by atoms with E-state index in [9.17, 15) is 18.0 Å². The summed E-state index contributed by atoms with van der Waals surface area (Å²) in [7, 11) is -2.27. The van der Waals surface area contributed by atoms with Crippen molar-refractivity contribution in [2.45, 2.75) is 25.7 Å². The first kappa shape index (κ1) is 21.1. The fraction of sp³-hybridized carbons (Fsp3) is 0.333. The molecule has 0 saturated carbocycles. The highest BCUT2D eigenvalue weighted by Crippen LogP contribution is 2.27. The lowest BCUT2D eigenvalue weighted by atomic mass is 10.2. The van der Waals surface area contributed by atoms with Gasteiger partial charge in [-0.25, -0.2) is 13.2 Å². The molecule has 1 aromatic carbocycles. The molecule has 0 unspecified atom stereocenters. The van der Waals surface area contributed by atoms with Gasteiger partial charge in [0.15, 0.2) is 0 Å². The largest absolute Gasteiger partial charge is 0.465 e. The van der Waals surface area contributed by atoms with Crippen LogP contribution < -0.4 is 5.32 Å². The van der Waals surface area contributed by atoms with Gasteiger partial charge in [-0.15, -0.1) is 11.3 Å². The summed E-state index contributed by atoms with van der Waals surface area (Å²) in [6.07, 6.45) is 0. The number of methoxy groups -OCH3 is 1. The molecular weight excluding hydrogens is 388 g/mol. The number of sulfonamides is 1. The maximum atomic E-state index is 12.5. The fourth-order valence-electron chi connectivity index (χ4n) is 2.51. The van der Waals surface area contributed by atoms with E-state index in [0.717, 1.165) is 11.3 Å². The van der Waals surface area contributed by atoms with Crippen molar-refractivity contribution in [3.63, 3.8) is 0 Å². The standard InChI is InChI=1S/C18H22N2O5S2/c1-5-20(6-2)27(23,24)14-9-7-13(8-10-14)17(21)19-15-11-12(3)16(26-15)18(22)25-4/h7-11H,5-6H2,1-4H3,(H,19,21). The first-order chi connectivity index (χ1) is 12.7. The minimum absolute atomic E-state index is 0.141. The molecule has 0 aliphatic heterocycles. The van der Waals surface area contributed by atoms with Gasteiger partial charge in [0.05, 0.1) is 17.0 Å². The van der Waals surface area contributed by atoms with Crippen LogP contribution in [0.15, 0.2) is 35.2 Å². The van der Waals surface area contributed by atoms with E-state index in [-0.39, 0.29) is 10.8 Å². The van der Waals surface area contributed by atoms with E-state index in [0.29, 0.717) is 34.1 Å². The Hall–Kier alpha value is -2.23. The zero-order valence-electron chi connectivity index (χ0n) is 15.6. The molecule has 1 aromatic heterocycles. The van der Waals surface area contributed by atoms with Crippen molar-refractivity contribution < 1.29 is 22.7 Å². The Morgan fingerprint density at radius 2 is 1.74 bits per heavy atom. The van der Waals surface area contributed by atoms with Gasteiger partial charge in [0, 0.05) is 18.7 Å². The number of thiophene rings is 1. The van der Waals surface area contributed by atoms with Crippen molar-refractivity contribution in [3.05, 3.63) is 46.3 Å². The van der Waals surface area contributed by atoms with Gasteiger partial charge in [0.2, 0.25) is 10.0 Å². The van der Waals surface area contributed by atoms with E-state index < -0.39 is 16.0 Å². The van der Waals surface area contributed by atoms with Crippen LogP contribution in [0.25, 0.3) is 0 Å². The first-order valence-electron chi connectivity index (χ1n) is 8.34. The molecule has 0 aliphatic carbocycles. The van der Waals surface area contributed by atoms with Crippen LogP contribution in [0, 0.1) is 6.92 Å². The number of ether oxygens (including phenoxy) is 1. The van der Waals surface area contributed by atoms with Gasteiger partial charge in [-0.3, -0.25) is 4.79 Å². The SMILES string of the molecule is CCN(CC)S(=O)(=O)c1ccc(C(=O)Nc2cc(C)c(C(=O)OC)s2)cc1. The summed E-state index contributed by atoms with van der Waals surface area (Å²) in [5, 5.41) is 3.23. The molecule has 0 fully saturated rings. The zero-order chi connectivity index (χ0) is 20.2. The van der Waals surface area contributed by atoms with Crippen LogP contribution in [-0.2, 0) is 14.8 Å².